The number of hydrogen-bond donors (Lipinski definition) is 1. The average molecular weight is 173 g/mol. The van der Waals surface area contributed by atoms with Crippen molar-refractivity contribution >= 4 is 10.9 Å². The Hall–Kier alpha value is -1.97. The summed E-state index contributed by atoms with van der Waals surface area (Å²) in [5.74, 6) is 0. The Bertz CT molecular complexity index is 515. The Labute approximate surface area is 73.9 Å². The highest BCUT2D eigenvalue weighted by molar-refractivity contribution is 5.78. The molecule has 0 amide bonds. The molecule has 0 aliphatic carbocycles. The van der Waals surface area contributed by atoms with Crippen molar-refractivity contribution < 1.29 is 5.22 Å². The molecule has 0 bridgehead atoms. The van der Waals surface area contributed by atoms with Crippen molar-refractivity contribution in [2.75, 3.05) is 0 Å². The second-order valence-electron chi connectivity index (χ2n) is 2.67. The van der Waals surface area contributed by atoms with Gasteiger partial charge in [-0.2, -0.15) is 15.4 Å². The van der Waals surface area contributed by atoms with Crippen LogP contribution in [-0.2, 0) is 0 Å². The minimum absolute atomic E-state index is 0.291. The van der Waals surface area contributed by atoms with Gasteiger partial charge in [-0.05, 0) is 11.5 Å². The van der Waals surface area contributed by atoms with Crippen LogP contribution in [-0.4, -0.2) is 4.68 Å². The van der Waals surface area contributed by atoms with E-state index in [-0.39, 0.29) is 5.56 Å². The summed E-state index contributed by atoms with van der Waals surface area (Å²) in [6.45, 7) is 0. The molecule has 0 atom stereocenters. The molecule has 1 heterocycles. The lowest BCUT2D eigenvalue weighted by Crippen LogP contribution is -2.72. The summed E-state index contributed by atoms with van der Waals surface area (Å²) in [6, 6.07) is 10.4. The summed E-state index contributed by atoms with van der Waals surface area (Å²) in [5.41, 5.74) is 9.09. The van der Waals surface area contributed by atoms with Gasteiger partial charge in [-0.1, -0.05) is 30.3 Å². The highest BCUT2D eigenvalue weighted by atomic mass is 16.1. The molecule has 64 valence electrons. The Morgan fingerprint density at radius 1 is 1.15 bits per heavy atom. The van der Waals surface area contributed by atoms with E-state index in [1.807, 2.05) is 17.4 Å². The number of rotatable bonds is 1. The predicted molar refractivity (Wildman–Crippen MR) is 47.9 cm³/mol. The van der Waals surface area contributed by atoms with Gasteiger partial charge in [0.05, 0.1) is 0 Å². The van der Waals surface area contributed by atoms with Gasteiger partial charge in [-0.3, -0.25) is 4.79 Å². The van der Waals surface area contributed by atoms with Crippen molar-refractivity contribution in [3.63, 3.8) is 0 Å². The number of para-hydroxylation sites is 1. The molecule has 0 fully saturated rings. The fourth-order valence-electron chi connectivity index (χ4n) is 1.29. The van der Waals surface area contributed by atoms with Crippen LogP contribution in [0.15, 0.2) is 41.2 Å². The number of pyridine rings is 1. The molecule has 0 radical (unpaired) electrons. The van der Waals surface area contributed by atoms with Crippen LogP contribution in [0.5, 0.6) is 0 Å². The summed E-state index contributed by atoms with van der Waals surface area (Å²) in [5, 5.41) is 2.73. The Morgan fingerprint density at radius 3 is 2.69 bits per heavy atom. The maximum atomic E-state index is 11.2. The largest absolute Gasteiger partial charge is 0.289 e. The molecular formula is C9H7N3O. The van der Waals surface area contributed by atoms with Crippen LogP contribution in [0.1, 0.15) is 0 Å². The van der Waals surface area contributed by atoms with Gasteiger partial charge in [0, 0.05) is 5.52 Å². The first kappa shape index (κ1) is 7.67. The highest BCUT2D eigenvalue weighted by Crippen LogP contribution is 2.07. The average Bonchev–Trinajstić information content (AvgIpc) is 2.18. The number of aromatic nitrogens is 1. The lowest BCUT2D eigenvalue weighted by molar-refractivity contribution is -0.544. The SMILES string of the molecule is [N-]=[NH+]n1c(=O)ccc2ccccc21. The summed E-state index contributed by atoms with van der Waals surface area (Å²) < 4.78 is 1.08. The minimum atomic E-state index is -0.291. The minimum Gasteiger partial charge on any atom is -0.289 e. The topological polar surface area (TPSA) is 58.3 Å². The van der Waals surface area contributed by atoms with E-state index in [2.05, 4.69) is 0 Å². The van der Waals surface area contributed by atoms with Gasteiger partial charge in [-0.15, -0.1) is 0 Å². The molecule has 1 aromatic heterocycles. The number of nitrogens with zero attached hydrogens (tertiary/aromatic N) is 2. The van der Waals surface area contributed by atoms with Gasteiger partial charge >= 0.3 is 0 Å². The van der Waals surface area contributed by atoms with E-state index in [0.717, 1.165) is 10.1 Å². The standard InChI is InChI=1S/C9H7N3O/c10-11-12-8-4-2-1-3-7(8)5-6-9(12)13/h1-6,11H. The predicted octanol–water partition coefficient (Wildman–Crippen LogP) is -0.133. The maximum absolute atomic E-state index is 11.2. The van der Waals surface area contributed by atoms with Crippen molar-refractivity contribution in [1.29, 1.82) is 0 Å². The summed E-state index contributed by atoms with van der Waals surface area (Å²) >= 11 is 0. The molecular weight excluding hydrogens is 166 g/mol. The zero-order valence-electron chi connectivity index (χ0n) is 6.77. The van der Waals surface area contributed by atoms with Crippen molar-refractivity contribution in [3.8, 4) is 0 Å². The Kier molecular flexibility index (Phi) is 1.66. The smallest absolute Gasteiger partial charge is 0.222 e. The zero-order chi connectivity index (χ0) is 9.26. The molecule has 13 heavy (non-hydrogen) atoms. The second kappa shape index (κ2) is 2.82. The van der Waals surface area contributed by atoms with Crippen LogP contribution in [0.3, 0.4) is 0 Å². The van der Waals surface area contributed by atoms with Gasteiger partial charge < -0.3 is 0 Å². The molecule has 2 aromatic rings. The van der Waals surface area contributed by atoms with Gasteiger partial charge in [0.2, 0.25) is 5.56 Å². The maximum Gasteiger partial charge on any atom is 0.222 e. The third kappa shape index (κ3) is 1.12. The second-order valence-corrected chi connectivity index (χ2v) is 2.67. The third-order valence-electron chi connectivity index (χ3n) is 1.90. The zero-order valence-corrected chi connectivity index (χ0v) is 6.77. The molecule has 4 heteroatoms. The molecule has 0 saturated carbocycles. The van der Waals surface area contributed by atoms with E-state index in [1.54, 1.807) is 18.2 Å². The molecule has 0 saturated heterocycles. The van der Waals surface area contributed by atoms with E-state index >= 15 is 0 Å². The first-order chi connectivity index (χ1) is 6.33. The molecule has 0 aliphatic rings. The lowest BCUT2D eigenvalue weighted by Gasteiger charge is -2.03. The Balaban J connectivity index is 3.00. The molecule has 1 N–H and O–H groups in total. The first-order valence-corrected chi connectivity index (χ1v) is 3.84. The van der Waals surface area contributed by atoms with Crippen LogP contribution < -0.4 is 10.8 Å². The van der Waals surface area contributed by atoms with Crippen LogP contribution in [0.4, 0.5) is 0 Å². The molecule has 0 unspecified atom stereocenters. The van der Waals surface area contributed by atoms with E-state index in [9.17, 15) is 4.79 Å². The van der Waals surface area contributed by atoms with Crippen LogP contribution in [0, 0.1) is 0 Å². The number of fused-ring (bicyclic) bond motifs is 1. The van der Waals surface area contributed by atoms with Crippen molar-refractivity contribution in [1.82, 2.24) is 4.68 Å². The molecule has 4 nitrogen and oxygen atoms in total. The Morgan fingerprint density at radius 2 is 1.92 bits per heavy atom. The van der Waals surface area contributed by atoms with Crippen LogP contribution in [0.2, 0.25) is 0 Å². The quantitative estimate of drug-likeness (QED) is 0.600. The van der Waals surface area contributed by atoms with E-state index in [1.165, 1.54) is 6.07 Å². The van der Waals surface area contributed by atoms with Gasteiger partial charge in [0.25, 0.3) is 0 Å². The number of hydrogen-bond acceptors (Lipinski definition) is 1. The number of nitrogens with one attached hydrogen (secondary N) is 1. The normalized spacial score (nSPS) is 10.2. The summed E-state index contributed by atoms with van der Waals surface area (Å²) in [7, 11) is 0. The molecule has 0 aliphatic heterocycles. The lowest BCUT2D eigenvalue weighted by atomic mass is 10.2. The number of benzene rings is 1. The van der Waals surface area contributed by atoms with Crippen molar-refractivity contribution in [3.05, 3.63) is 52.3 Å². The third-order valence-corrected chi connectivity index (χ3v) is 1.90. The summed E-state index contributed by atoms with van der Waals surface area (Å²) in [4.78, 5) is 11.2. The van der Waals surface area contributed by atoms with Gasteiger partial charge in [0.15, 0.2) is 0 Å². The van der Waals surface area contributed by atoms with E-state index in [4.69, 9.17) is 5.53 Å². The fraction of sp³-hybridized carbons (Fsp3) is 0. The van der Waals surface area contributed by atoms with Gasteiger partial charge in [-0.25, -0.2) is 0 Å². The van der Waals surface area contributed by atoms with Crippen LogP contribution in [0.25, 0.3) is 16.4 Å². The van der Waals surface area contributed by atoms with Crippen molar-refractivity contribution in [2.45, 2.75) is 0 Å². The monoisotopic (exact) mass is 173 g/mol. The van der Waals surface area contributed by atoms with Crippen molar-refractivity contribution in [2.24, 2.45) is 0 Å². The summed E-state index contributed by atoms with van der Waals surface area (Å²) in [6.07, 6.45) is 0. The highest BCUT2D eigenvalue weighted by Gasteiger charge is 1.96. The van der Waals surface area contributed by atoms with Crippen LogP contribution >= 0.6 is 0 Å². The van der Waals surface area contributed by atoms with E-state index < -0.39 is 0 Å². The molecule has 0 spiro atoms. The first-order valence-electron chi connectivity index (χ1n) is 3.84. The van der Waals surface area contributed by atoms with E-state index in [0.29, 0.717) is 5.52 Å². The molecule has 2 rings (SSSR count). The fourth-order valence-corrected chi connectivity index (χ4v) is 1.29. The van der Waals surface area contributed by atoms with Gasteiger partial charge in [0.1, 0.15) is 0 Å². The molecule has 1 aromatic carbocycles.